The zero-order valence-electron chi connectivity index (χ0n) is 18.1. The summed E-state index contributed by atoms with van der Waals surface area (Å²) in [5.74, 6) is -0.462. The molecule has 4 rings (SSSR count). The third-order valence-electron chi connectivity index (χ3n) is 6.07. The van der Waals surface area contributed by atoms with Crippen LogP contribution in [-0.4, -0.2) is 69.8 Å². The zero-order valence-corrected chi connectivity index (χ0v) is 19.7. The van der Waals surface area contributed by atoms with E-state index in [1.54, 1.807) is 6.07 Å². The van der Waals surface area contributed by atoms with Crippen LogP contribution in [0.3, 0.4) is 0 Å². The van der Waals surface area contributed by atoms with Gasteiger partial charge in [-0.3, -0.25) is 4.79 Å². The van der Waals surface area contributed by atoms with E-state index >= 15 is 0 Å². The summed E-state index contributed by atoms with van der Waals surface area (Å²) in [5.41, 5.74) is 1.91. The summed E-state index contributed by atoms with van der Waals surface area (Å²) in [6, 6.07) is 11.4. The van der Waals surface area contributed by atoms with Crippen LogP contribution < -0.4 is 10.2 Å². The average Bonchev–Trinajstić information content (AvgIpc) is 3.22. The number of nitrogens with zero attached hydrogens (tertiary/aromatic N) is 3. The third-order valence-corrected chi connectivity index (χ3v) is 9.40. The van der Waals surface area contributed by atoms with Gasteiger partial charge < -0.3 is 15.1 Å². The highest BCUT2D eigenvalue weighted by molar-refractivity contribution is 7.91. The fourth-order valence-corrected chi connectivity index (χ4v) is 7.08. The first-order valence-corrected chi connectivity index (χ1v) is 13.0. The highest BCUT2D eigenvalue weighted by atomic mass is 32.2. The first-order valence-electron chi connectivity index (χ1n) is 10.7. The Morgan fingerprint density at radius 2 is 1.74 bits per heavy atom. The van der Waals surface area contributed by atoms with Crippen molar-refractivity contribution in [3.63, 3.8) is 0 Å². The molecule has 0 spiro atoms. The summed E-state index contributed by atoms with van der Waals surface area (Å²) in [4.78, 5) is 18.5. The number of likely N-dealkylation sites (N-methyl/N-ethyl adjacent to an activating group) is 1. The van der Waals surface area contributed by atoms with E-state index in [0.717, 1.165) is 42.4 Å². The maximum atomic E-state index is 12.9. The first-order chi connectivity index (χ1) is 14.8. The molecule has 168 valence electrons. The van der Waals surface area contributed by atoms with E-state index in [0.29, 0.717) is 23.6 Å². The van der Waals surface area contributed by atoms with Gasteiger partial charge in [-0.2, -0.15) is 4.31 Å². The number of thiophene rings is 1. The molecule has 0 bridgehead atoms. The van der Waals surface area contributed by atoms with Crippen LogP contribution in [-0.2, 0) is 14.8 Å². The van der Waals surface area contributed by atoms with Gasteiger partial charge in [0.2, 0.25) is 5.91 Å². The van der Waals surface area contributed by atoms with Crippen molar-refractivity contribution < 1.29 is 13.2 Å². The van der Waals surface area contributed by atoms with Crippen molar-refractivity contribution in [1.82, 2.24) is 9.21 Å². The van der Waals surface area contributed by atoms with E-state index in [-0.39, 0.29) is 18.4 Å². The topological polar surface area (TPSA) is 73.0 Å². The van der Waals surface area contributed by atoms with Gasteiger partial charge in [0.1, 0.15) is 4.21 Å². The molecule has 1 amide bonds. The van der Waals surface area contributed by atoms with Crippen molar-refractivity contribution in [2.24, 2.45) is 5.92 Å². The number of anilines is 2. The number of amides is 1. The van der Waals surface area contributed by atoms with Crippen LogP contribution >= 0.6 is 11.3 Å². The van der Waals surface area contributed by atoms with E-state index in [1.807, 2.05) is 37.3 Å². The Kier molecular flexibility index (Phi) is 6.66. The van der Waals surface area contributed by atoms with Crippen molar-refractivity contribution in [3.05, 3.63) is 41.3 Å². The fourth-order valence-electron chi connectivity index (χ4n) is 4.12. The van der Waals surface area contributed by atoms with Gasteiger partial charge in [0.05, 0.1) is 5.92 Å². The molecule has 0 aliphatic carbocycles. The lowest BCUT2D eigenvalue weighted by atomic mass is 9.98. The number of hydrogen-bond donors (Lipinski definition) is 1. The van der Waals surface area contributed by atoms with E-state index in [1.165, 1.54) is 15.6 Å². The van der Waals surface area contributed by atoms with Crippen LogP contribution in [0.5, 0.6) is 0 Å². The van der Waals surface area contributed by atoms with Crippen molar-refractivity contribution in [1.29, 1.82) is 0 Å². The Morgan fingerprint density at radius 3 is 2.39 bits per heavy atom. The molecule has 0 saturated carbocycles. The van der Waals surface area contributed by atoms with Gasteiger partial charge in [0, 0.05) is 55.5 Å². The molecule has 31 heavy (non-hydrogen) atoms. The Morgan fingerprint density at radius 1 is 1.03 bits per heavy atom. The zero-order chi connectivity index (χ0) is 22.0. The molecule has 2 saturated heterocycles. The van der Waals surface area contributed by atoms with Crippen molar-refractivity contribution >= 4 is 38.6 Å². The van der Waals surface area contributed by atoms with Gasteiger partial charge >= 0.3 is 0 Å². The summed E-state index contributed by atoms with van der Waals surface area (Å²) < 4.78 is 27.7. The predicted molar refractivity (Wildman–Crippen MR) is 125 cm³/mol. The molecule has 2 fully saturated rings. The lowest BCUT2D eigenvalue weighted by Gasteiger charge is -2.34. The monoisotopic (exact) mass is 462 g/mol. The second-order valence-corrected chi connectivity index (χ2v) is 11.8. The molecule has 1 N–H and O–H groups in total. The van der Waals surface area contributed by atoms with Crippen molar-refractivity contribution in [2.75, 3.05) is 56.5 Å². The van der Waals surface area contributed by atoms with Gasteiger partial charge in [-0.15, -0.1) is 11.3 Å². The largest absolute Gasteiger partial charge is 0.369 e. The number of nitrogens with one attached hydrogen (secondary N) is 1. The number of benzene rings is 1. The van der Waals surface area contributed by atoms with Crippen LogP contribution in [0.15, 0.2) is 40.6 Å². The second-order valence-electron chi connectivity index (χ2n) is 8.39. The van der Waals surface area contributed by atoms with E-state index in [4.69, 9.17) is 0 Å². The third kappa shape index (κ3) is 5.11. The number of piperidine rings is 1. The van der Waals surface area contributed by atoms with Crippen LogP contribution in [0.1, 0.15) is 17.7 Å². The molecule has 0 unspecified atom stereocenters. The Hall–Kier alpha value is -1.94. The van der Waals surface area contributed by atoms with E-state index in [2.05, 4.69) is 22.2 Å². The number of piperazine rings is 1. The molecular weight excluding hydrogens is 432 g/mol. The van der Waals surface area contributed by atoms with Crippen molar-refractivity contribution in [3.8, 4) is 0 Å². The second kappa shape index (κ2) is 9.28. The normalized spacial score (nSPS) is 21.2. The van der Waals surface area contributed by atoms with Gasteiger partial charge in [0.15, 0.2) is 0 Å². The molecule has 2 aliphatic rings. The van der Waals surface area contributed by atoms with Crippen LogP contribution in [0.25, 0.3) is 0 Å². The number of sulfonamides is 1. The minimum Gasteiger partial charge on any atom is -0.369 e. The first kappa shape index (κ1) is 22.3. The van der Waals surface area contributed by atoms with E-state index < -0.39 is 10.0 Å². The molecule has 0 radical (unpaired) electrons. The SMILES string of the molecule is Cc1ccc(S(=O)(=O)N2CCC[C@H](C(=O)Nc3ccc(N4CCN(C)CC4)cc3)C2)s1. The van der Waals surface area contributed by atoms with E-state index in [9.17, 15) is 13.2 Å². The number of hydrogen-bond acceptors (Lipinski definition) is 6. The molecule has 1 aromatic heterocycles. The Bertz CT molecular complexity index is 1010. The Balaban J connectivity index is 1.37. The number of carbonyl (C=O) groups excluding carboxylic acids is 1. The molecule has 2 aromatic rings. The van der Waals surface area contributed by atoms with Gasteiger partial charge in [-0.1, -0.05) is 0 Å². The molecule has 9 heteroatoms. The van der Waals surface area contributed by atoms with Crippen LogP contribution in [0, 0.1) is 12.8 Å². The number of aryl methyl sites for hydroxylation is 1. The maximum Gasteiger partial charge on any atom is 0.252 e. The molecule has 1 aromatic carbocycles. The number of rotatable bonds is 5. The molecule has 2 aliphatic heterocycles. The lowest BCUT2D eigenvalue weighted by molar-refractivity contribution is -0.120. The van der Waals surface area contributed by atoms with Crippen LogP contribution in [0.2, 0.25) is 0 Å². The van der Waals surface area contributed by atoms with Crippen molar-refractivity contribution in [2.45, 2.75) is 24.0 Å². The standard InChI is InChI=1S/C22H30N4O3S2/c1-17-5-10-21(30-17)31(28,29)26-11-3-4-18(16-26)22(27)23-19-6-8-20(9-7-19)25-14-12-24(2)13-15-25/h5-10,18H,3-4,11-16H2,1-2H3,(H,23,27)/t18-/m0/s1. The summed E-state index contributed by atoms with van der Waals surface area (Å²) in [5, 5.41) is 2.98. The predicted octanol–water partition coefficient (Wildman–Crippen LogP) is 2.85. The minimum absolute atomic E-state index is 0.116. The smallest absolute Gasteiger partial charge is 0.252 e. The van der Waals surface area contributed by atoms with Crippen LogP contribution in [0.4, 0.5) is 11.4 Å². The number of carbonyl (C=O) groups is 1. The fraction of sp³-hybridized carbons (Fsp3) is 0.500. The summed E-state index contributed by atoms with van der Waals surface area (Å²) in [7, 11) is -1.41. The quantitative estimate of drug-likeness (QED) is 0.740. The molecular formula is C22H30N4O3S2. The molecule has 1 atom stereocenters. The Labute approximate surface area is 188 Å². The maximum absolute atomic E-state index is 12.9. The summed E-state index contributed by atoms with van der Waals surface area (Å²) >= 11 is 1.28. The van der Waals surface area contributed by atoms with Gasteiger partial charge in [-0.05, 0) is 63.2 Å². The average molecular weight is 463 g/mol. The molecule has 3 heterocycles. The van der Waals surface area contributed by atoms with Gasteiger partial charge in [0.25, 0.3) is 10.0 Å². The summed E-state index contributed by atoms with van der Waals surface area (Å²) in [6.07, 6.45) is 1.38. The minimum atomic E-state index is -3.54. The van der Waals surface area contributed by atoms with Gasteiger partial charge in [-0.25, -0.2) is 8.42 Å². The highest BCUT2D eigenvalue weighted by Gasteiger charge is 2.34. The summed E-state index contributed by atoms with van der Waals surface area (Å²) in [6.45, 7) is 6.67. The molecule has 7 nitrogen and oxygen atoms in total. The highest BCUT2D eigenvalue weighted by Crippen LogP contribution is 2.29. The lowest BCUT2D eigenvalue weighted by Crippen LogP contribution is -2.44.